The Morgan fingerprint density at radius 1 is 1.32 bits per heavy atom. The van der Waals surface area contributed by atoms with E-state index in [2.05, 4.69) is 5.10 Å². The quantitative estimate of drug-likeness (QED) is 0.773. The zero-order valence-corrected chi connectivity index (χ0v) is 14.9. The lowest BCUT2D eigenvalue weighted by Crippen LogP contribution is -2.30. The van der Waals surface area contributed by atoms with Crippen molar-refractivity contribution in [2.24, 2.45) is 5.73 Å². The molecule has 0 aliphatic rings. The predicted octanol–water partition coefficient (Wildman–Crippen LogP) is 1.85. The van der Waals surface area contributed by atoms with Crippen LogP contribution in [0, 0.1) is 13.8 Å². The van der Waals surface area contributed by atoms with Gasteiger partial charge in [0, 0.05) is 18.2 Å². The first-order chi connectivity index (χ1) is 11.8. The summed E-state index contributed by atoms with van der Waals surface area (Å²) < 4.78 is 12.1. The number of rotatable bonds is 7. The van der Waals surface area contributed by atoms with Crippen LogP contribution in [0.3, 0.4) is 0 Å². The van der Waals surface area contributed by atoms with Gasteiger partial charge < -0.3 is 15.2 Å². The van der Waals surface area contributed by atoms with Gasteiger partial charge in [-0.05, 0) is 44.9 Å². The molecule has 0 spiro atoms. The lowest BCUT2D eigenvalue weighted by Gasteiger charge is -2.10. The number of ether oxygens (including phenoxy) is 2. The Labute approximate surface area is 146 Å². The molecule has 0 aliphatic heterocycles. The standard InChI is InChI=1S/C18H23N3O4/c1-11-16(8-9-17(22)25-13(3)18(19)23)12(2)21(20-11)14-6-5-7-15(10-14)24-4/h5-7,10,13H,8-9H2,1-4H3,(H2,19,23)/t13-/m0/s1. The molecule has 0 aliphatic carbocycles. The number of amides is 1. The van der Waals surface area contributed by atoms with Gasteiger partial charge in [0.25, 0.3) is 5.91 Å². The third kappa shape index (κ3) is 4.37. The molecule has 7 heteroatoms. The van der Waals surface area contributed by atoms with E-state index in [4.69, 9.17) is 15.2 Å². The molecule has 7 nitrogen and oxygen atoms in total. The first kappa shape index (κ1) is 18.5. The summed E-state index contributed by atoms with van der Waals surface area (Å²) in [5.74, 6) is -0.374. The van der Waals surface area contributed by atoms with Crippen LogP contribution in [-0.2, 0) is 20.7 Å². The monoisotopic (exact) mass is 345 g/mol. The molecule has 25 heavy (non-hydrogen) atoms. The first-order valence-corrected chi connectivity index (χ1v) is 8.01. The number of esters is 1. The number of primary amides is 1. The highest BCUT2D eigenvalue weighted by Crippen LogP contribution is 2.22. The van der Waals surface area contributed by atoms with E-state index < -0.39 is 18.0 Å². The van der Waals surface area contributed by atoms with Gasteiger partial charge in [-0.1, -0.05) is 6.07 Å². The number of nitrogens with zero attached hydrogens (tertiary/aromatic N) is 2. The van der Waals surface area contributed by atoms with E-state index in [0.29, 0.717) is 6.42 Å². The molecule has 0 fully saturated rings. The molecule has 134 valence electrons. The van der Waals surface area contributed by atoms with Crippen LogP contribution in [0.25, 0.3) is 5.69 Å². The molecule has 2 rings (SSSR count). The number of hydrogen-bond acceptors (Lipinski definition) is 5. The maximum atomic E-state index is 11.8. The smallest absolute Gasteiger partial charge is 0.306 e. The number of carbonyl (C=O) groups excluding carboxylic acids is 2. The van der Waals surface area contributed by atoms with Gasteiger partial charge in [0.1, 0.15) is 5.75 Å². The minimum Gasteiger partial charge on any atom is -0.497 e. The summed E-state index contributed by atoms with van der Waals surface area (Å²) in [4.78, 5) is 22.8. The fourth-order valence-corrected chi connectivity index (χ4v) is 2.57. The number of aromatic nitrogens is 2. The van der Waals surface area contributed by atoms with Crippen molar-refractivity contribution in [3.05, 3.63) is 41.2 Å². The molecular formula is C18H23N3O4. The van der Waals surface area contributed by atoms with Crippen molar-refractivity contribution in [2.45, 2.75) is 39.7 Å². The summed E-state index contributed by atoms with van der Waals surface area (Å²) in [5.41, 5.74) is 8.74. The van der Waals surface area contributed by atoms with Crippen LogP contribution in [0.4, 0.5) is 0 Å². The molecular weight excluding hydrogens is 322 g/mol. The summed E-state index contributed by atoms with van der Waals surface area (Å²) >= 11 is 0. The molecule has 0 bridgehead atoms. The summed E-state index contributed by atoms with van der Waals surface area (Å²) in [6.07, 6.45) is -0.288. The van der Waals surface area contributed by atoms with Crippen molar-refractivity contribution in [3.8, 4) is 11.4 Å². The van der Waals surface area contributed by atoms with Crippen LogP contribution in [-0.4, -0.2) is 34.9 Å². The molecule has 1 heterocycles. The Morgan fingerprint density at radius 2 is 2.04 bits per heavy atom. The molecule has 2 N–H and O–H groups in total. The van der Waals surface area contributed by atoms with Crippen LogP contribution in [0.1, 0.15) is 30.3 Å². The van der Waals surface area contributed by atoms with Gasteiger partial charge in [-0.3, -0.25) is 9.59 Å². The maximum absolute atomic E-state index is 11.8. The minimum atomic E-state index is -0.922. The van der Waals surface area contributed by atoms with Crippen LogP contribution < -0.4 is 10.5 Å². The van der Waals surface area contributed by atoms with E-state index >= 15 is 0 Å². The average Bonchev–Trinajstić information content (AvgIpc) is 2.87. The van der Waals surface area contributed by atoms with Crippen LogP contribution in [0.15, 0.2) is 24.3 Å². The number of aryl methyl sites for hydroxylation is 1. The van der Waals surface area contributed by atoms with Gasteiger partial charge in [-0.2, -0.15) is 5.10 Å². The minimum absolute atomic E-state index is 0.156. The molecule has 1 aromatic heterocycles. The molecule has 1 atom stereocenters. The predicted molar refractivity (Wildman–Crippen MR) is 92.7 cm³/mol. The van der Waals surface area contributed by atoms with Gasteiger partial charge in [-0.15, -0.1) is 0 Å². The molecule has 0 saturated heterocycles. The molecule has 0 unspecified atom stereocenters. The summed E-state index contributed by atoms with van der Waals surface area (Å²) in [6.45, 7) is 5.31. The Balaban J connectivity index is 2.14. The second-order valence-electron chi connectivity index (χ2n) is 5.80. The van der Waals surface area contributed by atoms with E-state index in [9.17, 15) is 9.59 Å². The SMILES string of the molecule is COc1cccc(-n2nc(C)c(CCC(=O)O[C@@H](C)C(N)=O)c2C)c1. The second kappa shape index (κ2) is 7.83. The second-order valence-corrected chi connectivity index (χ2v) is 5.80. The highest BCUT2D eigenvalue weighted by Gasteiger charge is 2.17. The number of nitrogens with two attached hydrogens (primary N) is 1. The molecule has 1 amide bonds. The summed E-state index contributed by atoms with van der Waals surface area (Å²) in [6, 6.07) is 7.60. The average molecular weight is 345 g/mol. The largest absolute Gasteiger partial charge is 0.497 e. The third-order valence-electron chi connectivity index (χ3n) is 4.03. The molecule has 0 saturated carbocycles. The topological polar surface area (TPSA) is 96.4 Å². The summed E-state index contributed by atoms with van der Waals surface area (Å²) in [7, 11) is 1.62. The normalized spacial score (nSPS) is 11.8. The van der Waals surface area contributed by atoms with Gasteiger partial charge in [0.15, 0.2) is 6.10 Å². The lowest BCUT2D eigenvalue weighted by atomic mass is 10.1. The van der Waals surface area contributed by atoms with E-state index in [-0.39, 0.29) is 6.42 Å². The Hall–Kier alpha value is -2.83. The third-order valence-corrected chi connectivity index (χ3v) is 4.03. The van der Waals surface area contributed by atoms with Crippen molar-refractivity contribution < 1.29 is 19.1 Å². The zero-order chi connectivity index (χ0) is 18.6. The van der Waals surface area contributed by atoms with E-state index in [1.807, 2.05) is 42.8 Å². The summed E-state index contributed by atoms with van der Waals surface area (Å²) in [5, 5.41) is 4.56. The van der Waals surface area contributed by atoms with Crippen molar-refractivity contribution in [2.75, 3.05) is 7.11 Å². The van der Waals surface area contributed by atoms with Gasteiger partial charge in [0.2, 0.25) is 0 Å². The lowest BCUT2D eigenvalue weighted by molar-refractivity contribution is -0.153. The fourth-order valence-electron chi connectivity index (χ4n) is 2.57. The molecule has 2 aromatic rings. The Bertz CT molecular complexity index is 783. The maximum Gasteiger partial charge on any atom is 0.306 e. The van der Waals surface area contributed by atoms with Crippen LogP contribution >= 0.6 is 0 Å². The van der Waals surface area contributed by atoms with Crippen molar-refractivity contribution >= 4 is 11.9 Å². The number of hydrogen-bond donors (Lipinski definition) is 1. The molecule has 0 radical (unpaired) electrons. The van der Waals surface area contributed by atoms with Crippen molar-refractivity contribution in [1.29, 1.82) is 0 Å². The highest BCUT2D eigenvalue weighted by molar-refractivity contribution is 5.81. The van der Waals surface area contributed by atoms with Crippen molar-refractivity contribution in [3.63, 3.8) is 0 Å². The van der Waals surface area contributed by atoms with Crippen LogP contribution in [0.5, 0.6) is 5.75 Å². The van der Waals surface area contributed by atoms with Gasteiger partial charge in [0.05, 0.1) is 18.5 Å². The molecule has 1 aromatic carbocycles. The van der Waals surface area contributed by atoms with Crippen molar-refractivity contribution in [1.82, 2.24) is 9.78 Å². The van der Waals surface area contributed by atoms with Gasteiger partial charge in [-0.25, -0.2) is 4.68 Å². The number of carbonyl (C=O) groups is 2. The van der Waals surface area contributed by atoms with E-state index in [1.54, 1.807) is 7.11 Å². The number of methoxy groups -OCH3 is 1. The van der Waals surface area contributed by atoms with E-state index in [1.165, 1.54) is 6.92 Å². The number of benzene rings is 1. The fraction of sp³-hybridized carbons (Fsp3) is 0.389. The Morgan fingerprint density at radius 3 is 2.68 bits per heavy atom. The van der Waals surface area contributed by atoms with Gasteiger partial charge >= 0.3 is 5.97 Å². The van der Waals surface area contributed by atoms with Crippen LogP contribution in [0.2, 0.25) is 0 Å². The van der Waals surface area contributed by atoms with E-state index in [0.717, 1.165) is 28.4 Å². The first-order valence-electron chi connectivity index (χ1n) is 8.01. The Kier molecular flexibility index (Phi) is 5.80. The zero-order valence-electron chi connectivity index (χ0n) is 14.9. The highest BCUT2D eigenvalue weighted by atomic mass is 16.5.